The van der Waals surface area contributed by atoms with Crippen LogP contribution in [0.2, 0.25) is 0 Å². The molecule has 14 heavy (non-hydrogen) atoms. The van der Waals surface area contributed by atoms with E-state index in [0.29, 0.717) is 11.3 Å². The number of hydrogen-bond donors (Lipinski definition) is 2. The van der Waals surface area contributed by atoms with Crippen molar-refractivity contribution in [1.82, 2.24) is 0 Å². The summed E-state index contributed by atoms with van der Waals surface area (Å²) in [5.41, 5.74) is 0.601. The first-order valence-corrected chi connectivity index (χ1v) is 4.71. The van der Waals surface area contributed by atoms with Crippen LogP contribution in [0.15, 0.2) is 11.3 Å². The maximum absolute atomic E-state index is 11.3. The van der Waals surface area contributed by atoms with E-state index in [4.69, 9.17) is 14.9 Å². The maximum Gasteiger partial charge on any atom is 0.172 e. The summed E-state index contributed by atoms with van der Waals surface area (Å²) >= 11 is 0. The molecule has 0 saturated carbocycles. The van der Waals surface area contributed by atoms with Crippen molar-refractivity contribution < 1.29 is 19.7 Å². The number of aliphatic hydroxyl groups is 2. The van der Waals surface area contributed by atoms with Gasteiger partial charge in [-0.3, -0.25) is 4.79 Å². The zero-order chi connectivity index (χ0) is 10.9. The molecule has 80 valence electrons. The number of carbonyl (C=O) groups is 1. The van der Waals surface area contributed by atoms with Gasteiger partial charge < -0.3 is 14.9 Å². The van der Waals surface area contributed by atoms with Crippen molar-refractivity contribution in [3.8, 4) is 0 Å². The molecule has 2 N–H and O–H groups in total. The minimum atomic E-state index is -1.46. The zero-order valence-corrected chi connectivity index (χ0v) is 8.65. The first kappa shape index (κ1) is 11.2. The minimum absolute atomic E-state index is 0.00591. The molecule has 4 nitrogen and oxygen atoms in total. The van der Waals surface area contributed by atoms with E-state index < -0.39 is 12.2 Å². The molecule has 0 aromatic carbocycles. The van der Waals surface area contributed by atoms with E-state index in [-0.39, 0.29) is 18.3 Å². The summed E-state index contributed by atoms with van der Waals surface area (Å²) in [5, 5.41) is 17.5. The number of allylic oxidation sites excluding steroid dienone is 2. The van der Waals surface area contributed by atoms with Crippen LogP contribution >= 0.6 is 0 Å². The Labute approximate surface area is 83.2 Å². The van der Waals surface area contributed by atoms with Crippen LogP contribution in [0.1, 0.15) is 27.2 Å². The lowest BCUT2D eigenvalue weighted by Gasteiger charge is -2.31. The Balaban J connectivity index is 2.67. The van der Waals surface area contributed by atoms with Gasteiger partial charge in [0.05, 0.1) is 12.0 Å². The standard InChI is InChI=1S/C10H16O4/c1-5(2)14-10-6(3)9(13)7(10)4-8(11)12/h5,7-8,11-12H,4H2,1-3H3. The lowest BCUT2D eigenvalue weighted by atomic mass is 9.80. The van der Waals surface area contributed by atoms with Gasteiger partial charge in [-0.25, -0.2) is 0 Å². The number of carbonyl (C=O) groups excluding carboxylic acids is 1. The van der Waals surface area contributed by atoms with Gasteiger partial charge in [-0.15, -0.1) is 0 Å². The number of Topliss-reactive ketones (excluding diaryl/α,β-unsaturated/α-hetero) is 1. The predicted octanol–water partition coefficient (Wildman–Crippen LogP) is 0.585. The summed E-state index contributed by atoms with van der Waals surface area (Å²) in [6, 6.07) is 0. The van der Waals surface area contributed by atoms with Crippen molar-refractivity contribution in [2.24, 2.45) is 5.92 Å². The van der Waals surface area contributed by atoms with Crippen LogP contribution in [0.25, 0.3) is 0 Å². The Bertz CT molecular complexity index is 265. The lowest BCUT2D eigenvalue weighted by Crippen LogP contribution is -2.35. The Kier molecular flexibility index (Phi) is 3.29. The summed E-state index contributed by atoms with van der Waals surface area (Å²) in [4.78, 5) is 11.3. The highest BCUT2D eigenvalue weighted by Crippen LogP contribution is 2.35. The molecule has 0 heterocycles. The van der Waals surface area contributed by atoms with Crippen molar-refractivity contribution in [3.05, 3.63) is 11.3 Å². The number of ether oxygens (including phenoxy) is 1. The van der Waals surface area contributed by atoms with Crippen molar-refractivity contribution in [2.45, 2.75) is 39.6 Å². The first-order valence-electron chi connectivity index (χ1n) is 4.71. The molecular formula is C10H16O4. The molecule has 0 aromatic heterocycles. The Morgan fingerprint density at radius 1 is 1.43 bits per heavy atom. The smallest absolute Gasteiger partial charge is 0.172 e. The summed E-state index contributed by atoms with van der Waals surface area (Å²) in [6.07, 6.45) is -1.42. The molecular weight excluding hydrogens is 184 g/mol. The van der Waals surface area contributed by atoms with Gasteiger partial charge in [-0.1, -0.05) is 0 Å². The summed E-state index contributed by atoms with van der Waals surface area (Å²) in [5.74, 6) is 0.101. The third kappa shape index (κ3) is 2.13. The fourth-order valence-electron chi connectivity index (χ4n) is 1.53. The number of hydrogen-bond acceptors (Lipinski definition) is 4. The average Bonchev–Trinajstić information content (AvgIpc) is 2.09. The topological polar surface area (TPSA) is 66.8 Å². The highest BCUT2D eigenvalue weighted by molar-refractivity contribution is 6.05. The van der Waals surface area contributed by atoms with Crippen LogP contribution < -0.4 is 0 Å². The molecule has 0 aliphatic heterocycles. The number of rotatable bonds is 4. The first-order chi connectivity index (χ1) is 6.43. The quantitative estimate of drug-likeness (QED) is 0.652. The SMILES string of the molecule is CC1=C(OC(C)C)C(CC(O)O)C1=O. The molecule has 0 spiro atoms. The van der Waals surface area contributed by atoms with Gasteiger partial charge in [0.2, 0.25) is 0 Å². The van der Waals surface area contributed by atoms with E-state index in [9.17, 15) is 4.79 Å². The normalized spacial score (nSPS) is 21.9. The van der Waals surface area contributed by atoms with Gasteiger partial charge in [0.1, 0.15) is 5.76 Å². The van der Waals surface area contributed by atoms with Crippen LogP contribution in [-0.2, 0) is 9.53 Å². The molecule has 1 aliphatic rings. The fourth-order valence-corrected chi connectivity index (χ4v) is 1.53. The zero-order valence-electron chi connectivity index (χ0n) is 8.65. The molecule has 1 unspecified atom stereocenters. The van der Waals surface area contributed by atoms with E-state index in [1.165, 1.54) is 0 Å². The number of aliphatic hydroxyl groups excluding tert-OH is 1. The summed E-state index contributed by atoms with van der Waals surface area (Å²) < 4.78 is 5.42. The third-order valence-electron chi connectivity index (χ3n) is 2.18. The van der Waals surface area contributed by atoms with Crippen LogP contribution in [0.4, 0.5) is 0 Å². The van der Waals surface area contributed by atoms with E-state index in [0.717, 1.165) is 0 Å². The van der Waals surface area contributed by atoms with Gasteiger partial charge in [0.15, 0.2) is 12.1 Å². The highest BCUT2D eigenvalue weighted by Gasteiger charge is 2.39. The molecule has 1 rings (SSSR count). The third-order valence-corrected chi connectivity index (χ3v) is 2.18. The van der Waals surface area contributed by atoms with Gasteiger partial charge in [-0.05, 0) is 20.8 Å². The lowest BCUT2D eigenvalue weighted by molar-refractivity contribution is -0.128. The van der Waals surface area contributed by atoms with Crippen LogP contribution in [0.5, 0.6) is 0 Å². The molecule has 0 radical (unpaired) electrons. The molecule has 0 aromatic rings. The fraction of sp³-hybridized carbons (Fsp3) is 0.700. The second kappa shape index (κ2) is 4.11. The molecule has 1 atom stereocenters. The highest BCUT2D eigenvalue weighted by atomic mass is 16.5. The molecule has 0 fully saturated rings. The molecule has 0 amide bonds. The minimum Gasteiger partial charge on any atom is -0.494 e. The predicted molar refractivity (Wildman–Crippen MR) is 50.3 cm³/mol. The Morgan fingerprint density at radius 2 is 2.00 bits per heavy atom. The average molecular weight is 200 g/mol. The van der Waals surface area contributed by atoms with Gasteiger partial charge in [0, 0.05) is 12.0 Å². The second-order valence-electron chi connectivity index (χ2n) is 3.79. The number of ketones is 1. The van der Waals surface area contributed by atoms with Crippen molar-refractivity contribution in [1.29, 1.82) is 0 Å². The largest absolute Gasteiger partial charge is 0.494 e. The van der Waals surface area contributed by atoms with Crippen molar-refractivity contribution in [3.63, 3.8) is 0 Å². The Hall–Kier alpha value is -0.870. The second-order valence-corrected chi connectivity index (χ2v) is 3.79. The summed E-state index contributed by atoms with van der Waals surface area (Å²) in [7, 11) is 0. The molecule has 4 heteroatoms. The van der Waals surface area contributed by atoms with E-state index in [1.54, 1.807) is 6.92 Å². The van der Waals surface area contributed by atoms with Crippen LogP contribution in [0.3, 0.4) is 0 Å². The summed E-state index contributed by atoms with van der Waals surface area (Å²) in [6.45, 7) is 5.44. The van der Waals surface area contributed by atoms with Crippen molar-refractivity contribution in [2.75, 3.05) is 0 Å². The van der Waals surface area contributed by atoms with Gasteiger partial charge in [0.25, 0.3) is 0 Å². The molecule has 1 aliphatic carbocycles. The van der Waals surface area contributed by atoms with Crippen LogP contribution in [0, 0.1) is 5.92 Å². The Morgan fingerprint density at radius 3 is 2.43 bits per heavy atom. The molecule has 0 saturated heterocycles. The maximum atomic E-state index is 11.3. The van der Waals surface area contributed by atoms with Crippen molar-refractivity contribution >= 4 is 5.78 Å². The van der Waals surface area contributed by atoms with Gasteiger partial charge >= 0.3 is 0 Å². The van der Waals surface area contributed by atoms with E-state index in [2.05, 4.69) is 0 Å². The van der Waals surface area contributed by atoms with E-state index >= 15 is 0 Å². The molecule has 0 bridgehead atoms. The van der Waals surface area contributed by atoms with Crippen LogP contribution in [-0.4, -0.2) is 28.4 Å². The monoisotopic (exact) mass is 200 g/mol. The van der Waals surface area contributed by atoms with Gasteiger partial charge in [-0.2, -0.15) is 0 Å². The van der Waals surface area contributed by atoms with E-state index in [1.807, 2.05) is 13.8 Å².